The number of aromatic carboxylic acids is 1. The summed E-state index contributed by atoms with van der Waals surface area (Å²) in [4.78, 5) is 14.8. The van der Waals surface area contributed by atoms with Gasteiger partial charge in [0, 0.05) is 19.3 Å². The molecule has 0 saturated heterocycles. The maximum Gasteiger partial charge on any atom is 0.335 e. The monoisotopic (exact) mass is 315 g/mol. The molecule has 0 aliphatic heterocycles. The van der Waals surface area contributed by atoms with Gasteiger partial charge in [-0.25, -0.2) is 4.79 Å². The first-order valence-corrected chi connectivity index (χ1v) is 8.27. The van der Waals surface area contributed by atoms with Crippen LogP contribution in [-0.4, -0.2) is 41.9 Å². The van der Waals surface area contributed by atoms with E-state index < -0.39 is 16.2 Å². The molecule has 0 bridgehead atoms. The summed E-state index contributed by atoms with van der Waals surface area (Å²) < 4.78 is 28.2. The van der Waals surface area contributed by atoms with E-state index in [-0.39, 0.29) is 12.1 Å². The van der Waals surface area contributed by atoms with Gasteiger partial charge in [-0.2, -0.15) is 17.4 Å². The quantitative estimate of drug-likeness (QED) is 0.714. The van der Waals surface area contributed by atoms with Crippen molar-refractivity contribution in [1.82, 2.24) is 14.0 Å². The average molecular weight is 315 g/mol. The molecule has 0 radical (unpaired) electrons. The van der Waals surface area contributed by atoms with E-state index in [1.165, 1.54) is 22.6 Å². The Balaban J connectivity index is 2.76. The first-order valence-electron chi connectivity index (χ1n) is 6.83. The van der Waals surface area contributed by atoms with E-state index in [1.54, 1.807) is 0 Å². The van der Waals surface area contributed by atoms with Crippen LogP contribution >= 0.6 is 0 Å². The van der Waals surface area contributed by atoms with Crippen LogP contribution in [0.5, 0.6) is 0 Å². The molecule has 0 saturated carbocycles. The van der Waals surface area contributed by atoms with Crippen molar-refractivity contribution in [2.24, 2.45) is 0 Å². The third-order valence-corrected chi connectivity index (χ3v) is 4.34. The first kappa shape index (κ1) is 17.5. The molecule has 0 aliphatic rings. The van der Waals surface area contributed by atoms with Crippen LogP contribution in [0.3, 0.4) is 0 Å². The summed E-state index contributed by atoms with van der Waals surface area (Å²) in [5, 5.41) is 8.89. The summed E-state index contributed by atoms with van der Waals surface area (Å²) >= 11 is 0. The van der Waals surface area contributed by atoms with E-state index in [1.807, 2.05) is 13.8 Å². The Kier molecular flexibility index (Phi) is 6.73. The lowest BCUT2D eigenvalue weighted by Gasteiger charge is -2.21. The molecule has 1 rings (SSSR count). The van der Waals surface area contributed by atoms with Crippen molar-refractivity contribution in [2.45, 2.75) is 33.2 Å². The van der Waals surface area contributed by atoms with Crippen molar-refractivity contribution in [1.29, 1.82) is 0 Å². The van der Waals surface area contributed by atoms with Gasteiger partial charge in [-0.1, -0.05) is 13.8 Å². The molecular weight excluding hydrogens is 294 g/mol. The second kappa shape index (κ2) is 8.06. The fourth-order valence-electron chi connectivity index (χ4n) is 1.82. The van der Waals surface area contributed by atoms with Crippen molar-refractivity contribution in [2.75, 3.05) is 13.1 Å². The van der Waals surface area contributed by atoms with Crippen LogP contribution in [0.15, 0.2) is 18.3 Å². The number of aromatic nitrogens is 1. The van der Waals surface area contributed by atoms with Crippen LogP contribution in [0.2, 0.25) is 0 Å². The third kappa shape index (κ3) is 5.41. The van der Waals surface area contributed by atoms with Gasteiger partial charge in [0.1, 0.15) is 0 Å². The molecule has 0 aliphatic carbocycles. The maximum atomic E-state index is 12.2. The predicted octanol–water partition coefficient (Wildman–Crippen LogP) is 1.24. The van der Waals surface area contributed by atoms with Crippen LogP contribution < -0.4 is 4.72 Å². The summed E-state index contributed by atoms with van der Waals surface area (Å²) in [6.07, 6.45) is 2.81. The molecule has 0 amide bonds. The standard InChI is InChI=1S/C13H21N3O4S/c1-3-7-16(8-4-2)21(19,20)15-10-12-9-11(13(17)18)5-6-14-12/h5-6,9,15H,3-4,7-8,10H2,1-2H3,(H,17,18). The van der Waals surface area contributed by atoms with Gasteiger partial charge in [-0.15, -0.1) is 0 Å². The number of carboxylic acids is 1. The van der Waals surface area contributed by atoms with Crippen LogP contribution in [0.25, 0.3) is 0 Å². The van der Waals surface area contributed by atoms with Crippen molar-refractivity contribution >= 4 is 16.2 Å². The number of pyridine rings is 1. The van der Waals surface area contributed by atoms with E-state index in [4.69, 9.17) is 5.11 Å². The smallest absolute Gasteiger partial charge is 0.335 e. The zero-order chi connectivity index (χ0) is 15.9. The van der Waals surface area contributed by atoms with Crippen LogP contribution in [-0.2, 0) is 16.8 Å². The molecule has 8 heteroatoms. The highest BCUT2D eigenvalue weighted by Gasteiger charge is 2.20. The molecule has 7 nitrogen and oxygen atoms in total. The normalized spacial score (nSPS) is 11.8. The second-order valence-electron chi connectivity index (χ2n) is 4.57. The minimum Gasteiger partial charge on any atom is -0.478 e. The summed E-state index contributed by atoms with van der Waals surface area (Å²) in [5.74, 6) is -1.07. The van der Waals surface area contributed by atoms with Gasteiger partial charge >= 0.3 is 5.97 Å². The molecule has 0 atom stereocenters. The summed E-state index contributed by atoms with van der Waals surface area (Å²) in [5.41, 5.74) is 0.449. The largest absolute Gasteiger partial charge is 0.478 e. The first-order chi connectivity index (χ1) is 9.90. The summed E-state index contributed by atoms with van der Waals surface area (Å²) in [6.45, 7) is 4.69. The molecule has 0 aromatic carbocycles. The van der Waals surface area contributed by atoms with E-state index in [0.717, 1.165) is 12.8 Å². The number of hydrogen-bond donors (Lipinski definition) is 2. The van der Waals surface area contributed by atoms with E-state index in [9.17, 15) is 13.2 Å². The minimum absolute atomic E-state index is 0.0343. The van der Waals surface area contributed by atoms with Gasteiger partial charge in [0.2, 0.25) is 0 Å². The number of hydrogen-bond acceptors (Lipinski definition) is 4. The van der Waals surface area contributed by atoms with E-state index >= 15 is 0 Å². The molecule has 1 heterocycles. The Morgan fingerprint density at radius 2 is 1.95 bits per heavy atom. The molecule has 0 fully saturated rings. The maximum absolute atomic E-state index is 12.2. The van der Waals surface area contributed by atoms with Crippen LogP contribution in [0.4, 0.5) is 0 Å². The Hall–Kier alpha value is -1.51. The highest BCUT2D eigenvalue weighted by atomic mass is 32.2. The molecule has 1 aromatic rings. The summed E-state index contributed by atoms with van der Waals surface area (Å²) in [6, 6.07) is 2.72. The SMILES string of the molecule is CCCN(CCC)S(=O)(=O)NCc1cc(C(=O)O)ccn1. The van der Waals surface area contributed by atoms with Crippen molar-refractivity contribution in [3.8, 4) is 0 Å². The topological polar surface area (TPSA) is 99.6 Å². The number of rotatable bonds is 9. The summed E-state index contributed by atoms with van der Waals surface area (Å²) in [7, 11) is -3.58. The zero-order valence-corrected chi connectivity index (χ0v) is 13.1. The predicted molar refractivity (Wildman–Crippen MR) is 79.1 cm³/mol. The zero-order valence-electron chi connectivity index (χ0n) is 12.2. The van der Waals surface area contributed by atoms with E-state index in [0.29, 0.717) is 18.8 Å². The number of carbonyl (C=O) groups is 1. The Labute approximate surface area is 125 Å². The number of nitrogens with zero attached hydrogens (tertiary/aromatic N) is 2. The van der Waals surface area contributed by atoms with Crippen molar-refractivity contribution < 1.29 is 18.3 Å². The van der Waals surface area contributed by atoms with Crippen molar-refractivity contribution in [3.63, 3.8) is 0 Å². The van der Waals surface area contributed by atoms with Crippen LogP contribution in [0, 0.1) is 0 Å². The fourth-order valence-corrected chi connectivity index (χ4v) is 3.17. The van der Waals surface area contributed by atoms with Crippen LogP contribution in [0.1, 0.15) is 42.7 Å². The van der Waals surface area contributed by atoms with Gasteiger partial charge in [-0.05, 0) is 25.0 Å². The van der Waals surface area contributed by atoms with Gasteiger partial charge in [0.25, 0.3) is 10.2 Å². The molecule has 118 valence electrons. The molecule has 2 N–H and O–H groups in total. The average Bonchev–Trinajstić information content (AvgIpc) is 2.45. The second-order valence-corrected chi connectivity index (χ2v) is 6.32. The Morgan fingerprint density at radius 3 is 2.48 bits per heavy atom. The lowest BCUT2D eigenvalue weighted by molar-refractivity contribution is 0.0696. The van der Waals surface area contributed by atoms with E-state index in [2.05, 4.69) is 9.71 Å². The number of nitrogens with one attached hydrogen (secondary N) is 1. The third-order valence-electron chi connectivity index (χ3n) is 2.79. The lowest BCUT2D eigenvalue weighted by atomic mass is 10.2. The molecule has 0 unspecified atom stereocenters. The highest BCUT2D eigenvalue weighted by Crippen LogP contribution is 2.05. The highest BCUT2D eigenvalue weighted by molar-refractivity contribution is 7.87. The number of carboxylic acid groups (broad SMARTS) is 1. The molecular formula is C13H21N3O4S. The Morgan fingerprint density at radius 1 is 1.33 bits per heavy atom. The molecule has 1 aromatic heterocycles. The molecule has 21 heavy (non-hydrogen) atoms. The Bertz CT molecular complexity index is 569. The minimum atomic E-state index is -3.58. The van der Waals surface area contributed by atoms with Gasteiger partial charge in [-0.3, -0.25) is 4.98 Å². The van der Waals surface area contributed by atoms with Crippen molar-refractivity contribution in [3.05, 3.63) is 29.6 Å². The van der Waals surface area contributed by atoms with Gasteiger partial charge in [0.05, 0.1) is 17.8 Å². The van der Waals surface area contributed by atoms with Gasteiger partial charge in [0.15, 0.2) is 0 Å². The van der Waals surface area contributed by atoms with Gasteiger partial charge < -0.3 is 5.11 Å². The molecule has 0 spiro atoms. The fraction of sp³-hybridized carbons (Fsp3) is 0.538. The lowest BCUT2D eigenvalue weighted by Crippen LogP contribution is -2.41.